The number of nitrogens with one attached hydrogen (secondary N) is 1. The maximum Gasteiger partial charge on any atom is 0.352 e. The van der Waals surface area contributed by atoms with Gasteiger partial charge in [-0.2, -0.15) is 11.3 Å². The summed E-state index contributed by atoms with van der Waals surface area (Å²) < 4.78 is 6.92. The number of β-lactam (4-membered cyclic amide) rings is 1. The van der Waals surface area contributed by atoms with Gasteiger partial charge in [0.05, 0.1) is 0 Å². The minimum absolute atomic E-state index is 0.120. The summed E-state index contributed by atoms with van der Waals surface area (Å²) in [7, 11) is 2.97. The molecule has 2 aromatic rings. The van der Waals surface area contributed by atoms with Gasteiger partial charge in [0.25, 0.3) is 11.6 Å². The third kappa shape index (κ3) is 3.69. The first-order chi connectivity index (χ1) is 15.3. The summed E-state index contributed by atoms with van der Waals surface area (Å²) in [4.78, 5) is 39.1. The summed E-state index contributed by atoms with van der Waals surface area (Å²) in [5.41, 5.74) is 5.36. The molecule has 4 N–H and O–H groups in total. The Hall–Kier alpha value is -2.46. The molecule has 4 heterocycles. The first kappa shape index (κ1) is 22.7. The number of ether oxygens (including phenoxy) is 1. The van der Waals surface area contributed by atoms with E-state index in [1.807, 2.05) is 0 Å². The van der Waals surface area contributed by atoms with Crippen LogP contribution in [0.1, 0.15) is 11.6 Å². The van der Waals surface area contributed by atoms with Crippen LogP contribution in [0.2, 0.25) is 0 Å². The molecule has 0 aliphatic carbocycles. The average Bonchev–Trinajstić information content (AvgIpc) is 3.46. The van der Waals surface area contributed by atoms with Crippen LogP contribution in [0.25, 0.3) is 0 Å². The molecule has 0 bridgehead atoms. The molecular formula is C17H19N7O5S3. The van der Waals surface area contributed by atoms with Crippen molar-refractivity contribution >= 4 is 52.6 Å². The largest absolute Gasteiger partial charge is 0.477 e. The van der Waals surface area contributed by atoms with E-state index in [4.69, 9.17) is 10.5 Å². The number of methoxy groups -OCH3 is 1. The Bertz CT molecular complexity index is 1090. The first-order valence-electron chi connectivity index (χ1n) is 9.20. The van der Waals surface area contributed by atoms with Crippen LogP contribution in [0.3, 0.4) is 0 Å². The molecule has 3 atom stereocenters. The standard InChI is InChI=1S/C17H19N7O5S3/c1-23-16(20-21-22-23)32-7-9-6-31-15-17(29-2,14(28)24(15)11(9)13(26)27)19-12(25)10(18)8-3-4-30-5-8/h3-5,10,15H,6-7,18H2,1-2H3,(H,19,25)(H,26,27)/t10?,15?,17-/m0/s1. The average molecular weight is 498 g/mol. The number of hydrogen-bond acceptors (Lipinski definition) is 11. The number of carbonyl (C=O) groups excluding carboxylic acids is 2. The highest BCUT2D eigenvalue weighted by molar-refractivity contribution is 8.01. The van der Waals surface area contributed by atoms with E-state index in [2.05, 4.69) is 20.8 Å². The van der Waals surface area contributed by atoms with Crippen molar-refractivity contribution in [3.63, 3.8) is 0 Å². The van der Waals surface area contributed by atoms with Gasteiger partial charge >= 0.3 is 5.97 Å². The highest BCUT2D eigenvalue weighted by Crippen LogP contribution is 2.47. The minimum Gasteiger partial charge on any atom is -0.477 e. The highest BCUT2D eigenvalue weighted by atomic mass is 32.2. The predicted molar refractivity (Wildman–Crippen MR) is 116 cm³/mol. The molecule has 0 spiro atoms. The molecule has 1 fully saturated rings. The van der Waals surface area contributed by atoms with E-state index >= 15 is 0 Å². The van der Waals surface area contributed by atoms with Crippen molar-refractivity contribution in [3.8, 4) is 0 Å². The zero-order valence-electron chi connectivity index (χ0n) is 16.9. The molecule has 2 aliphatic rings. The number of amides is 2. The second-order valence-electron chi connectivity index (χ2n) is 6.93. The number of hydrogen-bond donors (Lipinski definition) is 3. The lowest BCUT2D eigenvalue weighted by Crippen LogP contribution is -2.81. The fourth-order valence-electron chi connectivity index (χ4n) is 3.41. The van der Waals surface area contributed by atoms with E-state index in [-0.39, 0.29) is 11.4 Å². The molecule has 0 radical (unpaired) electrons. The fourth-order valence-corrected chi connectivity index (χ4v) is 6.54. The first-order valence-corrected chi connectivity index (χ1v) is 12.2. The van der Waals surface area contributed by atoms with Crippen LogP contribution in [0, 0.1) is 0 Å². The third-order valence-electron chi connectivity index (χ3n) is 5.09. The Morgan fingerprint density at radius 3 is 2.91 bits per heavy atom. The van der Waals surface area contributed by atoms with Gasteiger partial charge in [0.15, 0.2) is 0 Å². The molecule has 2 unspecified atom stereocenters. The van der Waals surface area contributed by atoms with Crippen molar-refractivity contribution in [2.45, 2.75) is 22.3 Å². The maximum absolute atomic E-state index is 13.1. The second-order valence-corrected chi connectivity index (χ2v) is 9.72. The van der Waals surface area contributed by atoms with Gasteiger partial charge in [-0.3, -0.25) is 14.5 Å². The number of thiophene rings is 1. The normalized spacial score (nSPS) is 23.5. The fraction of sp³-hybridized carbons (Fsp3) is 0.412. The van der Waals surface area contributed by atoms with Crippen LogP contribution >= 0.6 is 34.9 Å². The number of thioether (sulfide) groups is 2. The molecule has 4 rings (SSSR count). The zero-order chi connectivity index (χ0) is 23.0. The molecule has 12 nitrogen and oxygen atoms in total. The van der Waals surface area contributed by atoms with Crippen molar-refractivity contribution in [2.24, 2.45) is 12.8 Å². The molecule has 2 aliphatic heterocycles. The molecule has 32 heavy (non-hydrogen) atoms. The van der Waals surface area contributed by atoms with Crippen LogP contribution in [0.5, 0.6) is 0 Å². The lowest BCUT2D eigenvalue weighted by Gasteiger charge is -2.56. The van der Waals surface area contributed by atoms with Crippen molar-refractivity contribution < 1.29 is 24.2 Å². The Morgan fingerprint density at radius 1 is 1.53 bits per heavy atom. The van der Waals surface area contributed by atoms with Gasteiger partial charge in [0.2, 0.25) is 11.1 Å². The van der Waals surface area contributed by atoms with E-state index in [9.17, 15) is 19.5 Å². The number of rotatable bonds is 8. The van der Waals surface area contributed by atoms with Gasteiger partial charge in [0, 0.05) is 25.7 Å². The van der Waals surface area contributed by atoms with Crippen molar-refractivity contribution in [1.82, 2.24) is 30.4 Å². The molecule has 15 heteroatoms. The summed E-state index contributed by atoms with van der Waals surface area (Å²) in [6.07, 6.45) is 0. The van der Waals surface area contributed by atoms with Crippen molar-refractivity contribution in [3.05, 3.63) is 33.7 Å². The maximum atomic E-state index is 13.1. The Balaban J connectivity index is 1.55. The number of carboxylic acids is 1. The number of aliphatic carboxylic acids is 1. The van der Waals surface area contributed by atoms with E-state index in [0.29, 0.717) is 22.0 Å². The number of carboxylic acid groups (broad SMARTS) is 1. The number of nitrogens with zero attached hydrogens (tertiary/aromatic N) is 5. The highest BCUT2D eigenvalue weighted by Gasteiger charge is 2.66. The number of aromatic nitrogens is 4. The van der Waals surface area contributed by atoms with Crippen LogP contribution in [-0.2, 0) is 26.2 Å². The summed E-state index contributed by atoms with van der Waals surface area (Å²) in [5.74, 6) is -1.87. The van der Waals surface area contributed by atoms with Gasteiger partial charge in [0.1, 0.15) is 17.1 Å². The van der Waals surface area contributed by atoms with Crippen LogP contribution in [0.15, 0.2) is 33.3 Å². The molecule has 2 aromatic heterocycles. The molecule has 1 saturated heterocycles. The number of tetrazole rings is 1. The summed E-state index contributed by atoms with van der Waals surface area (Å²) in [6, 6.07) is 0.741. The minimum atomic E-state index is -1.69. The monoisotopic (exact) mass is 497 g/mol. The number of carbonyl (C=O) groups is 3. The second kappa shape index (κ2) is 8.82. The summed E-state index contributed by atoms with van der Waals surface area (Å²) >= 11 is 3.97. The van der Waals surface area contributed by atoms with Crippen molar-refractivity contribution in [2.75, 3.05) is 18.6 Å². The van der Waals surface area contributed by atoms with Gasteiger partial charge in [-0.15, -0.1) is 16.9 Å². The Kier molecular flexibility index (Phi) is 6.26. The molecule has 0 aromatic carbocycles. The smallest absolute Gasteiger partial charge is 0.352 e. The molecule has 0 saturated carbocycles. The quantitative estimate of drug-likeness (QED) is 0.251. The van der Waals surface area contributed by atoms with E-state index < -0.39 is 34.9 Å². The lowest BCUT2D eigenvalue weighted by molar-refractivity contribution is -0.192. The van der Waals surface area contributed by atoms with Gasteiger partial charge in [-0.05, 0) is 38.4 Å². The Morgan fingerprint density at radius 2 is 2.31 bits per heavy atom. The van der Waals surface area contributed by atoms with E-state index in [1.54, 1.807) is 23.9 Å². The van der Waals surface area contributed by atoms with Crippen molar-refractivity contribution in [1.29, 1.82) is 0 Å². The zero-order valence-corrected chi connectivity index (χ0v) is 19.4. The SMILES string of the molecule is CO[C@@]1(NC(=O)C(N)c2ccsc2)C(=O)N2C(C(=O)O)=C(CSc3nnnn3C)CSC21. The number of aryl methyl sites for hydroxylation is 1. The topological polar surface area (TPSA) is 166 Å². The van der Waals surface area contributed by atoms with E-state index in [0.717, 1.165) is 4.90 Å². The van der Waals surface area contributed by atoms with Gasteiger partial charge in [-0.1, -0.05) is 11.8 Å². The predicted octanol–water partition coefficient (Wildman–Crippen LogP) is -0.224. The summed E-state index contributed by atoms with van der Waals surface area (Å²) in [6.45, 7) is 0. The number of nitrogens with two attached hydrogens (primary N) is 1. The Labute approximate surface area is 194 Å². The lowest BCUT2D eigenvalue weighted by atomic mass is 9.97. The molecular weight excluding hydrogens is 478 g/mol. The van der Waals surface area contributed by atoms with E-state index in [1.165, 1.54) is 46.7 Å². The summed E-state index contributed by atoms with van der Waals surface area (Å²) in [5, 5.41) is 26.9. The third-order valence-corrected chi connectivity index (χ3v) is 8.26. The van der Waals surface area contributed by atoms with Gasteiger partial charge < -0.3 is 20.9 Å². The van der Waals surface area contributed by atoms with Crippen LogP contribution in [0.4, 0.5) is 0 Å². The van der Waals surface area contributed by atoms with Crippen LogP contribution in [-0.4, -0.2) is 77.7 Å². The van der Waals surface area contributed by atoms with Gasteiger partial charge in [-0.25, -0.2) is 9.48 Å². The molecule has 170 valence electrons. The van der Waals surface area contributed by atoms with Crippen LogP contribution < -0.4 is 11.1 Å². The number of fused-ring (bicyclic) bond motifs is 1. The molecule has 2 amide bonds.